The summed E-state index contributed by atoms with van der Waals surface area (Å²) in [5.41, 5.74) is 5.45. The van der Waals surface area contributed by atoms with E-state index in [0.29, 0.717) is 25.1 Å². The first kappa shape index (κ1) is 14.2. The summed E-state index contributed by atoms with van der Waals surface area (Å²) in [6.07, 6.45) is 2.10. The van der Waals surface area contributed by atoms with Crippen molar-refractivity contribution in [1.82, 2.24) is 0 Å². The predicted molar refractivity (Wildman–Crippen MR) is 75.9 cm³/mol. The molecule has 6 heteroatoms. The van der Waals surface area contributed by atoms with Gasteiger partial charge in [-0.2, -0.15) is 0 Å². The van der Waals surface area contributed by atoms with Gasteiger partial charge in [0.25, 0.3) is 0 Å². The molecule has 0 radical (unpaired) electrons. The van der Waals surface area contributed by atoms with E-state index in [-0.39, 0.29) is 11.7 Å². The summed E-state index contributed by atoms with van der Waals surface area (Å²) in [6.45, 7) is 2.51. The van der Waals surface area contributed by atoms with Crippen molar-refractivity contribution < 1.29 is 14.7 Å². The molecular formula is C14H19N3O3. The molecule has 0 aliphatic heterocycles. The predicted octanol–water partition coefficient (Wildman–Crippen LogP) is 1.94. The molecule has 0 unspecified atom stereocenters. The van der Waals surface area contributed by atoms with Crippen LogP contribution < -0.4 is 15.8 Å². The lowest BCUT2D eigenvalue weighted by Crippen LogP contribution is -2.51. The second-order valence-electron chi connectivity index (χ2n) is 4.83. The van der Waals surface area contributed by atoms with Crippen LogP contribution in [0, 0.1) is 5.41 Å². The van der Waals surface area contributed by atoms with Crippen LogP contribution in [0.3, 0.4) is 0 Å². The number of carbonyl (C=O) groups excluding carboxylic acids is 1. The Morgan fingerprint density at radius 3 is 2.55 bits per heavy atom. The van der Waals surface area contributed by atoms with Crippen molar-refractivity contribution >= 4 is 17.4 Å². The highest BCUT2D eigenvalue weighted by Crippen LogP contribution is 2.42. The molecule has 4 N–H and O–H groups in total. The summed E-state index contributed by atoms with van der Waals surface area (Å²) in [5.74, 6) is 0.496. The van der Waals surface area contributed by atoms with Gasteiger partial charge in [0.1, 0.15) is 11.2 Å². The zero-order valence-corrected chi connectivity index (χ0v) is 11.4. The van der Waals surface area contributed by atoms with Crippen molar-refractivity contribution in [1.29, 1.82) is 0 Å². The number of rotatable bonds is 5. The van der Waals surface area contributed by atoms with Gasteiger partial charge in [0.05, 0.1) is 6.61 Å². The zero-order valence-electron chi connectivity index (χ0n) is 11.4. The summed E-state index contributed by atoms with van der Waals surface area (Å²) in [4.78, 5) is 12.3. The maximum absolute atomic E-state index is 12.3. The topological polar surface area (TPSA) is 96.9 Å². The van der Waals surface area contributed by atoms with Crippen molar-refractivity contribution in [2.45, 2.75) is 26.2 Å². The molecule has 1 fully saturated rings. The van der Waals surface area contributed by atoms with E-state index in [0.717, 1.165) is 12.2 Å². The average Bonchev–Trinajstić information content (AvgIpc) is 2.39. The number of nitrogens with one attached hydrogen (secondary N) is 1. The number of nitrogens with zero attached hydrogens (tertiary/aromatic N) is 1. The minimum Gasteiger partial charge on any atom is -0.494 e. The molecule has 0 saturated heterocycles. The number of hydrogen-bond donors (Lipinski definition) is 3. The molecule has 0 atom stereocenters. The van der Waals surface area contributed by atoms with Crippen molar-refractivity contribution in [3.63, 3.8) is 0 Å². The van der Waals surface area contributed by atoms with Gasteiger partial charge in [-0.1, -0.05) is 11.6 Å². The largest absolute Gasteiger partial charge is 0.494 e. The first-order valence-corrected chi connectivity index (χ1v) is 6.64. The third-order valence-electron chi connectivity index (χ3n) is 3.66. The summed E-state index contributed by atoms with van der Waals surface area (Å²) >= 11 is 0. The molecule has 108 valence electrons. The molecule has 1 saturated carbocycles. The number of amidine groups is 1. The lowest BCUT2D eigenvalue weighted by Gasteiger charge is -2.38. The third kappa shape index (κ3) is 2.54. The number of carbonyl (C=O) groups is 1. The van der Waals surface area contributed by atoms with Gasteiger partial charge < -0.3 is 21.0 Å². The summed E-state index contributed by atoms with van der Waals surface area (Å²) in [7, 11) is 0. The Morgan fingerprint density at radius 1 is 1.45 bits per heavy atom. The first-order chi connectivity index (χ1) is 9.62. The zero-order chi connectivity index (χ0) is 14.6. The number of benzene rings is 1. The van der Waals surface area contributed by atoms with Crippen LogP contribution in [-0.2, 0) is 4.79 Å². The van der Waals surface area contributed by atoms with Gasteiger partial charge in [0, 0.05) is 5.69 Å². The number of oxime groups is 1. The fraction of sp³-hybridized carbons (Fsp3) is 0.429. The molecule has 0 aromatic heterocycles. The lowest BCUT2D eigenvalue weighted by molar-refractivity contribution is -0.125. The Balaban J connectivity index is 2.07. The normalized spacial score (nSPS) is 17.1. The van der Waals surface area contributed by atoms with Crippen LogP contribution in [0.1, 0.15) is 26.2 Å². The van der Waals surface area contributed by atoms with Crippen LogP contribution in [-0.4, -0.2) is 23.6 Å². The van der Waals surface area contributed by atoms with Gasteiger partial charge in [-0.25, -0.2) is 0 Å². The van der Waals surface area contributed by atoms with Crippen molar-refractivity contribution in [3.05, 3.63) is 24.3 Å². The standard InChI is InChI=1S/C14H19N3O3/c1-2-20-11-6-4-10(5-7-11)16-13(18)14(8-3-9-14)12(15)17-19/h4-7,19H,2-3,8-9H2,1H3,(H2,15,17)(H,16,18). The van der Waals surface area contributed by atoms with E-state index < -0.39 is 5.41 Å². The van der Waals surface area contributed by atoms with Gasteiger partial charge >= 0.3 is 0 Å². The molecule has 1 aromatic rings. The SMILES string of the molecule is CCOc1ccc(NC(=O)C2(/C(N)=N/O)CCC2)cc1. The van der Waals surface area contributed by atoms with Crippen LogP contribution in [0.5, 0.6) is 5.75 Å². The molecule has 1 aliphatic carbocycles. The summed E-state index contributed by atoms with van der Waals surface area (Å²) in [5, 5.41) is 14.6. The Labute approximate surface area is 117 Å². The molecule has 0 heterocycles. The Hall–Kier alpha value is -2.24. The van der Waals surface area contributed by atoms with Crippen molar-refractivity contribution in [3.8, 4) is 5.75 Å². The van der Waals surface area contributed by atoms with Crippen LogP contribution in [0.25, 0.3) is 0 Å². The maximum atomic E-state index is 12.3. The fourth-order valence-corrected chi connectivity index (χ4v) is 2.28. The molecular weight excluding hydrogens is 258 g/mol. The van der Waals surface area contributed by atoms with Crippen LogP contribution in [0.2, 0.25) is 0 Å². The van der Waals surface area contributed by atoms with Gasteiger partial charge in [0.2, 0.25) is 5.91 Å². The Kier molecular flexibility index (Phi) is 4.12. The summed E-state index contributed by atoms with van der Waals surface area (Å²) in [6, 6.07) is 7.11. The highest BCUT2D eigenvalue weighted by Gasteiger charge is 2.48. The van der Waals surface area contributed by atoms with Gasteiger partial charge in [-0.05, 0) is 44.0 Å². The van der Waals surface area contributed by atoms with E-state index in [1.54, 1.807) is 24.3 Å². The van der Waals surface area contributed by atoms with Crippen molar-refractivity contribution in [2.24, 2.45) is 16.3 Å². The van der Waals surface area contributed by atoms with Crippen molar-refractivity contribution in [2.75, 3.05) is 11.9 Å². The van der Waals surface area contributed by atoms with Crippen LogP contribution >= 0.6 is 0 Å². The third-order valence-corrected chi connectivity index (χ3v) is 3.66. The minimum atomic E-state index is -0.868. The second kappa shape index (κ2) is 5.81. The summed E-state index contributed by atoms with van der Waals surface area (Å²) < 4.78 is 5.34. The van der Waals surface area contributed by atoms with Crippen LogP contribution in [0.15, 0.2) is 29.4 Å². The Morgan fingerprint density at radius 2 is 2.10 bits per heavy atom. The smallest absolute Gasteiger partial charge is 0.238 e. The highest BCUT2D eigenvalue weighted by atomic mass is 16.5. The molecule has 1 aromatic carbocycles. The minimum absolute atomic E-state index is 0.0211. The van der Waals surface area contributed by atoms with Gasteiger partial charge in [-0.15, -0.1) is 0 Å². The first-order valence-electron chi connectivity index (χ1n) is 6.64. The highest BCUT2D eigenvalue weighted by molar-refractivity contribution is 6.12. The molecule has 1 amide bonds. The molecule has 0 bridgehead atoms. The van der Waals surface area contributed by atoms with Gasteiger partial charge in [0.15, 0.2) is 5.84 Å². The molecule has 20 heavy (non-hydrogen) atoms. The van der Waals surface area contributed by atoms with Crippen LogP contribution in [0.4, 0.5) is 5.69 Å². The van der Waals surface area contributed by atoms with E-state index >= 15 is 0 Å². The lowest BCUT2D eigenvalue weighted by atomic mass is 9.67. The number of amides is 1. The maximum Gasteiger partial charge on any atom is 0.238 e. The van der Waals surface area contributed by atoms with E-state index in [1.165, 1.54) is 0 Å². The molecule has 1 aliphatic rings. The average molecular weight is 277 g/mol. The number of ether oxygens (including phenoxy) is 1. The van der Waals surface area contributed by atoms with E-state index in [2.05, 4.69) is 10.5 Å². The number of hydrogen-bond acceptors (Lipinski definition) is 4. The molecule has 0 spiro atoms. The second-order valence-corrected chi connectivity index (χ2v) is 4.83. The Bertz CT molecular complexity index is 507. The molecule has 2 rings (SSSR count). The molecule has 6 nitrogen and oxygen atoms in total. The monoisotopic (exact) mass is 277 g/mol. The quantitative estimate of drug-likeness (QED) is 0.331. The van der Waals surface area contributed by atoms with E-state index in [1.807, 2.05) is 6.92 Å². The van der Waals surface area contributed by atoms with Gasteiger partial charge in [-0.3, -0.25) is 4.79 Å². The fourth-order valence-electron chi connectivity index (χ4n) is 2.28. The number of nitrogens with two attached hydrogens (primary N) is 1. The number of anilines is 1. The van der Waals surface area contributed by atoms with E-state index in [9.17, 15) is 4.79 Å². The van der Waals surface area contributed by atoms with E-state index in [4.69, 9.17) is 15.7 Å².